The first-order valence-electron chi connectivity index (χ1n) is 20.0. The van der Waals surface area contributed by atoms with Gasteiger partial charge in [-0.1, -0.05) is 41.5 Å². The number of Topliss-reactive ketones (excluding diaryl/α,β-unsaturated/α-hetero) is 6. The molecule has 0 N–H and O–H groups in total. The summed E-state index contributed by atoms with van der Waals surface area (Å²) in [5.74, 6) is -9.50. The molecule has 0 fully saturated rings. The molecule has 0 saturated carbocycles. The van der Waals surface area contributed by atoms with Crippen LogP contribution in [0.3, 0.4) is 0 Å². The van der Waals surface area contributed by atoms with Crippen molar-refractivity contribution in [2.24, 2.45) is 0 Å². The Hall–Kier alpha value is -5.62. The standard InChI is InChI=1S/3C8H12O4.3C6H10O3.Al/c3*1-3-4-7(10)5-8(11)12-6(2)9;3*1-2-3-5(7)4-6(8)9;/h3*3-5H2,1-2H3;3*2-4H2,1H3,(H,8,9);/q;;;;;;+3/p-3. The van der Waals surface area contributed by atoms with Gasteiger partial charge in [0.1, 0.15) is 54.0 Å². The zero-order valence-corrected chi connectivity index (χ0v) is 39.5. The topological polar surface area (TPSA) is 353 Å². The number of hydrogen-bond donors (Lipinski definition) is 0. The molecule has 0 aliphatic rings. The van der Waals surface area contributed by atoms with Gasteiger partial charge in [-0.3, -0.25) is 57.5 Å². The minimum absolute atomic E-state index is 0. The number of ketones is 6. The first-order chi connectivity index (χ1) is 29.2. The van der Waals surface area contributed by atoms with Crippen LogP contribution >= 0.6 is 0 Å². The summed E-state index contributed by atoms with van der Waals surface area (Å²) >= 11 is 0. The molecule has 0 amide bonds. The molecule has 0 saturated heterocycles. The van der Waals surface area contributed by atoms with Crippen LogP contribution in [0.15, 0.2) is 0 Å². The van der Waals surface area contributed by atoms with Gasteiger partial charge in [-0.05, 0) is 38.5 Å². The van der Waals surface area contributed by atoms with E-state index in [-0.39, 0.29) is 71.3 Å². The fraction of sp³-hybridized carbons (Fsp3) is 0.643. The molecule has 64 heavy (non-hydrogen) atoms. The van der Waals surface area contributed by atoms with Crippen LogP contribution in [0, 0.1) is 0 Å². The van der Waals surface area contributed by atoms with Gasteiger partial charge in [0.15, 0.2) is 0 Å². The number of rotatable bonds is 24. The molecule has 360 valence electrons. The van der Waals surface area contributed by atoms with E-state index < -0.39 is 73.0 Å². The fourth-order valence-electron chi connectivity index (χ4n) is 3.76. The second kappa shape index (κ2) is 50.0. The van der Waals surface area contributed by atoms with Gasteiger partial charge in [0, 0.05) is 96.5 Å². The van der Waals surface area contributed by atoms with Crippen molar-refractivity contribution < 1.29 is 101 Å². The summed E-state index contributed by atoms with van der Waals surface area (Å²) in [4.78, 5) is 156. The first kappa shape index (κ1) is 72.8. The van der Waals surface area contributed by atoms with Gasteiger partial charge in [-0.2, -0.15) is 0 Å². The fourth-order valence-corrected chi connectivity index (χ4v) is 3.76. The van der Waals surface area contributed by atoms with Gasteiger partial charge in [0.05, 0.1) is 0 Å². The summed E-state index contributed by atoms with van der Waals surface area (Å²) in [5.41, 5.74) is 0. The van der Waals surface area contributed by atoms with Crippen LogP contribution in [0.4, 0.5) is 0 Å². The van der Waals surface area contributed by atoms with Gasteiger partial charge < -0.3 is 43.9 Å². The van der Waals surface area contributed by atoms with Gasteiger partial charge in [0.25, 0.3) is 0 Å². The molecule has 0 aliphatic heterocycles. The summed E-state index contributed by atoms with van der Waals surface area (Å²) in [6.45, 7) is 14.4. The van der Waals surface area contributed by atoms with Crippen LogP contribution in [0.25, 0.3) is 0 Å². The van der Waals surface area contributed by atoms with Gasteiger partial charge in [-0.25, -0.2) is 0 Å². The molecule has 0 aromatic carbocycles. The molecule has 0 atom stereocenters. The molecular formula is C42H63AlO21. The molecule has 0 radical (unpaired) electrons. The van der Waals surface area contributed by atoms with Crippen LogP contribution in [0.5, 0.6) is 0 Å². The van der Waals surface area contributed by atoms with E-state index in [1.807, 2.05) is 41.5 Å². The number of carboxylic acid groups (broad SMARTS) is 3. The molecule has 0 bridgehead atoms. The predicted octanol–water partition coefficient (Wildman–Crippen LogP) is 0.612. The number of carbonyl (C=O) groups excluding carboxylic acids is 15. The number of aliphatic carboxylic acids is 3. The third kappa shape index (κ3) is 73.9. The Balaban J connectivity index is -0.000000122. The van der Waals surface area contributed by atoms with Gasteiger partial charge in [0.2, 0.25) is 0 Å². The van der Waals surface area contributed by atoms with Crippen LogP contribution in [0.1, 0.15) is 178 Å². The van der Waals surface area contributed by atoms with Crippen molar-refractivity contribution in [3.05, 3.63) is 0 Å². The zero-order valence-electron chi connectivity index (χ0n) is 38.4. The predicted molar refractivity (Wildman–Crippen MR) is 218 cm³/mol. The van der Waals surface area contributed by atoms with E-state index in [0.717, 1.165) is 20.8 Å². The molecule has 0 spiro atoms. The normalized spacial score (nSPS) is 8.95. The third-order valence-electron chi connectivity index (χ3n) is 5.99. The first-order valence-corrected chi connectivity index (χ1v) is 20.0. The van der Waals surface area contributed by atoms with E-state index in [0.29, 0.717) is 77.0 Å². The number of carbonyl (C=O) groups is 15. The third-order valence-corrected chi connectivity index (χ3v) is 5.99. The molecule has 0 aromatic heterocycles. The van der Waals surface area contributed by atoms with Crippen molar-refractivity contribution in [3.8, 4) is 0 Å². The summed E-state index contributed by atoms with van der Waals surface area (Å²) < 4.78 is 12.5. The van der Waals surface area contributed by atoms with Crippen LogP contribution in [-0.2, 0) is 86.1 Å². The quantitative estimate of drug-likeness (QED) is 0.0554. The maximum Gasteiger partial charge on any atom is 3.00 e. The van der Waals surface area contributed by atoms with Crippen molar-refractivity contribution in [1.82, 2.24) is 0 Å². The number of ether oxygens (including phenoxy) is 3. The van der Waals surface area contributed by atoms with Crippen molar-refractivity contribution >= 4 is 106 Å². The second-order valence-corrected chi connectivity index (χ2v) is 12.8. The Morgan fingerprint density at radius 2 is 0.438 bits per heavy atom. The average Bonchev–Trinajstić information content (AvgIpc) is 3.08. The number of hydrogen-bond acceptors (Lipinski definition) is 21. The number of carboxylic acids is 3. The molecule has 0 rings (SSSR count). The van der Waals surface area contributed by atoms with Crippen LogP contribution in [0.2, 0.25) is 0 Å². The van der Waals surface area contributed by atoms with Crippen LogP contribution in [-0.4, -0.2) is 106 Å². The largest absolute Gasteiger partial charge is 3.00 e. The van der Waals surface area contributed by atoms with E-state index in [2.05, 4.69) is 14.2 Å². The minimum Gasteiger partial charge on any atom is -0.550 e. The molecule has 0 aromatic rings. The van der Waals surface area contributed by atoms with E-state index in [4.69, 9.17) is 0 Å². The zero-order chi connectivity index (χ0) is 50.5. The molecule has 0 unspecified atom stereocenters. The maximum atomic E-state index is 10.8. The monoisotopic (exact) mass is 930 g/mol. The summed E-state index contributed by atoms with van der Waals surface area (Å²) in [7, 11) is 0. The van der Waals surface area contributed by atoms with Gasteiger partial charge >= 0.3 is 53.2 Å². The summed E-state index contributed by atoms with van der Waals surface area (Å²) in [6.07, 6.45) is 4.08. The second-order valence-electron chi connectivity index (χ2n) is 12.8. The molecule has 22 heteroatoms. The molecule has 0 heterocycles. The van der Waals surface area contributed by atoms with E-state index >= 15 is 0 Å². The van der Waals surface area contributed by atoms with Crippen molar-refractivity contribution in [3.63, 3.8) is 0 Å². The number of esters is 6. The smallest absolute Gasteiger partial charge is 0.550 e. The summed E-state index contributed by atoms with van der Waals surface area (Å²) in [5, 5.41) is 29.3. The maximum absolute atomic E-state index is 10.8. The Morgan fingerprint density at radius 3 is 0.547 bits per heavy atom. The summed E-state index contributed by atoms with van der Waals surface area (Å²) in [6, 6.07) is 0. The Labute approximate surface area is 384 Å². The average molecular weight is 931 g/mol. The van der Waals surface area contributed by atoms with Crippen molar-refractivity contribution in [2.75, 3.05) is 0 Å². The Bertz CT molecular complexity index is 1340. The van der Waals surface area contributed by atoms with Crippen molar-refractivity contribution in [1.29, 1.82) is 0 Å². The van der Waals surface area contributed by atoms with Gasteiger partial charge in [-0.15, -0.1) is 0 Å². The van der Waals surface area contributed by atoms with E-state index in [9.17, 15) is 87.2 Å². The van der Waals surface area contributed by atoms with E-state index in [1.165, 1.54) is 0 Å². The Kier molecular flexibility index (Phi) is 56.9. The Morgan fingerprint density at radius 1 is 0.297 bits per heavy atom. The van der Waals surface area contributed by atoms with Crippen molar-refractivity contribution in [2.45, 2.75) is 178 Å². The minimum atomic E-state index is -1.28. The molecular weight excluding hydrogens is 867 g/mol. The van der Waals surface area contributed by atoms with E-state index in [1.54, 1.807) is 0 Å². The molecule has 21 nitrogen and oxygen atoms in total. The molecule has 0 aliphatic carbocycles. The van der Waals surface area contributed by atoms with Crippen LogP contribution < -0.4 is 15.3 Å². The SMILES string of the molecule is CCCC(=O)CC(=O)OC(C)=O.CCCC(=O)CC(=O)OC(C)=O.CCCC(=O)CC(=O)OC(C)=O.CCCC(=O)CC(=O)[O-].CCCC(=O)CC(=O)[O-].CCCC(=O)CC(=O)[O-].[Al+3].